The van der Waals surface area contributed by atoms with E-state index in [1.165, 1.54) is 0 Å². The maximum absolute atomic E-state index is 11.2. The summed E-state index contributed by atoms with van der Waals surface area (Å²) in [6.45, 7) is 0. The smallest absolute Gasteiger partial charge is 0.136 e. The standard InChI is InChI=1S/C14H12N2O/c1-16-8-12(11-4-2-3-5-13(11)16)14(9-15)6-10(17)7-14/h2-5,8H,6-7H2,1H3. The summed E-state index contributed by atoms with van der Waals surface area (Å²) < 4.78 is 2.02. The van der Waals surface area contributed by atoms with Crippen LogP contribution in [0.15, 0.2) is 30.5 Å². The van der Waals surface area contributed by atoms with Gasteiger partial charge in [0.25, 0.3) is 0 Å². The van der Waals surface area contributed by atoms with Gasteiger partial charge in [-0.05, 0) is 11.6 Å². The normalized spacial score (nSPS) is 17.8. The van der Waals surface area contributed by atoms with Crippen molar-refractivity contribution in [3.05, 3.63) is 36.0 Å². The fraction of sp³-hybridized carbons (Fsp3) is 0.286. The summed E-state index contributed by atoms with van der Waals surface area (Å²) in [4.78, 5) is 11.2. The Morgan fingerprint density at radius 2 is 2.06 bits per heavy atom. The molecule has 3 rings (SSSR count). The fourth-order valence-corrected chi connectivity index (χ4v) is 2.67. The molecule has 1 heterocycles. The lowest BCUT2D eigenvalue weighted by Crippen LogP contribution is -2.40. The molecule has 2 aromatic rings. The van der Waals surface area contributed by atoms with Crippen molar-refractivity contribution < 1.29 is 4.79 Å². The van der Waals surface area contributed by atoms with Gasteiger partial charge in [0.05, 0.1) is 11.5 Å². The molecule has 3 heteroatoms. The second kappa shape index (κ2) is 3.21. The average molecular weight is 224 g/mol. The maximum atomic E-state index is 11.2. The fourth-order valence-electron chi connectivity index (χ4n) is 2.67. The molecule has 0 bridgehead atoms. The summed E-state index contributed by atoms with van der Waals surface area (Å²) in [6.07, 6.45) is 2.70. The highest BCUT2D eigenvalue weighted by molar-refractivity contribution is 5.94. The second-order valence-corrected chi connectivity index (χ2v) is 4.76. The Morgan fingerprint density at radius 3 is 2.71 bits per heavy atom. The van der Waals surface area contributed by atoms with Crippen LogP contribution in [0.5, 0.6) is 0 Å². The van der Waals surface area contributed by atoms with E-state index in [2.05, 4.69) is 6.07 Å². The van der Waals surface area contributed by atoms with Crippen LogP contribution in [-0.2, 0) is 17.3 Å². The first kappa shape index (κ1) is 10.1. The molecule has 1 aromatic carbocycles. The van der Waals surface area contributed by atoms with Crippen LogP contribution >= 0.6 is 0 Å². The van der Waals surface area contributed by atoms with Crippen molar-refractivity contribution in [3.63, 3.8) is 0 Å². The third-order valence-corrected chi connectivity index (χ3v) is 3.62. The molecule has 0 radical (unpaired) electrons. The number of ketones is 1. The van der Waals surface area contributed by atoms with Crippen LogP contribution in [0.1, 0.15) is 18.4 Å². The molecule has 0 aliphatic heterocycles. The summed E-state index contributed by atoms with van der Waals surface area (Å²) in [6, 6.07) is 10.3. The van der Waals surface area contributed by atoms with Gasteiger partial charge < -0.3 is 4.57 Å². The highest BCUT2D eigenvalue weighted by Crippen LogP contribution is 2.44. The Bertz CT molecular complexity index is 652. The zero-order valence-corrected chi connectivity index (χ0v) is 9.60. The molecule has 0 saturated heterocycles. The molecule has 1 aromatic heterocycles. The Kier molecular flexibility index (Phi) is 1.90. The van der Waals surface area contributed by atoms with Crippen LogP contribution in [0.3, 0.4) is 0 Å². The molecule has 0 spiro atoms. The van der Waals surface area contributed by atoms with E-state index in [1.807, 2.05) is 42.1 Å². The third-order valence-electron chi connectivity index (χ3n) is 3.62. The Balaban J connectivity index is 2.25. The van der Waals surface area contributed by atoms with Crippen molar-refractivity contribution in [1.29, 1.82) is 5.26 Å². The number of fused-ring (bicyclic) bond motifs is 1. The van der Waals surface area contributed by atoms with Gasteiger partial charge in [-0.15, -0.1) is 0 Å². The van der Waals surface area contributed by atoms with Gasteiger partial charge in [0.1, 0.15) is 5.78 Å². The van der Waals surface area contributed by atoms with Gasteiger partial charge in [-0.3, -0.25) is 4.79 Å². The molecule has 1 fully saturated rings. The number of para-hydroxylation sites is 1. The average Bonchev–Trinajstić information content (AvgIpc) is 2.64. The Hall–Kier alpha value is -2.08. The maximum Gasteiger partial charge on any atom is 0.136 e. The molecule has 1 aliphatic rings. The molecule has 0 N–H and O–H groups in total. The van der Waals surface area contributed by atoms with E-state index in [4.69, 9.17) is 0 Å². The number of nitriles is 1. The number of carbonyl (C=O) groups is 1. The number of aromatic nitrogens is 1. The van der Waals surface area contributed by atoms with E-state index < -0.39 is 5.41 Å². The zero-order chi connectivity index (χ0) is 12.0. The first-order valence-corrected chi connectivity index (χ1v) is 5.64. The largest absolute Gasteiger partial charge is 0.350 e. The molecule has 84 valence electrons. The second-order valence-electron chi connectivity index (χ2n) is 4.76. The van der Waals surface area contributed by atoms with Gasteiger partial charge in [0.15, 0.2) is 0 Å². The van der Waals surface area contributed by atoms with Crippen molar-refractivity contribution >= 4 is 16.7 Å². The summed E-state index contributed by atoms with van der Waals surface area (Å²) in [7, 11) is 1.97. The van der Waals surface area contributed by atoms with Gasteiger partial charge in [-0.2, -0.15) is 5.26 Å². The highest BCUT2D eigenvalue weighted by atomic mass is 16.1. The van der Waals surface area contributed by atoms with Gasteiger partial charge in [0, 0.05) is 37.0 Å². The van der Waals surface area contributed by atoms with Crippen LogP contribution < -0.4 is 0 Å². The topological polar surface area (TPSA) is 45.8 Å². The molecule has 0 amide bonds. The number of hydrogen-bond donors (Lipinski definition) is 0. The minimum absolute atomic E-state index is 0.180. The first-order chi connectivity index (χ1) is 8.16. The lowest BCUT2D eigenvalue weighted by molar-refractivity contribution is -0.126. The number of rotatable bonds is 1. The first-order valence-electron chi connectivity index (χ1n) is 5.64. The number of benzene rings is 1. The van der Waals surface area contributed by atoms with Crippen LogP contribution in [0.2, 0.25) is 0 Å². The van der Waals surface area contributed by atoms with Crippen LogP contribution in [0.25, 0.3) is 10.9 Å². The molecular weight excluding hydrogens is 212 g/mol. The van der Waals surface area contributed by atoms with E-state index in [9.17, 15) is 10.1 Å². The van der Waals surface area contributed by atoms with Gasteiger partial charge >= 0.3 is 0 Å². The van der Waals surface area contributed by atoms with Crippen molar-refractivity contribution in [2.45, 2.75) is 18.3 Å². The highest BCUT2D eigenvalue weighted by Gasteiger charge is 2.46. The van der Waals surface area contributed by atoms with E-state index in [0.717, 1.165) is 16.5 Å². The monoisotopic (exact) mass is 224 g/mol. The Labute approximate surface area is 99.3 Å². The number of hydrogen-bond acceptors (Lipinski definition) is 2. The van der Waals surface area contributed by atoms with E-state index in [0.29, 0.717) is 12.8 Å². The van der Waals surface area contributed by atoms with Crippen molar-refractivity contribution in [1.82, 2.24) is 4.57 Å². The minimum atomic E-state index is -0.585. The quantitative estimate of drug-likeness (QED) is 0.746. The number of Topliss-reactive ketones (excluding diaryl/α,β-unsaturated/α-hetero) is 1. The van der Waals surface area contributed by atoms with E-state index >= 15 is 0 Å². The number of aryl methyl sites for hydroxylation is 1. The van der Waals surface area contributed by atoms with Crippen molar-refractivity contribution in [2.75, 3.05) is 0 Å². The van der Waals surface area contributed by atoms with E-state index in [1.54, 1.807) is 0 Å². The van der Waals surface area contributed by atoms with Gasteiger partial charge in [-0.25, -0.2) is 0 Å². The molecule has 0 atom stereocenters. The van der Waals surface area contributed by atoms with Crippen molar-refractivity contribution in [2.24, 2.45) is 7.05 Å². The van der Waals surface area contributed by atoms with Gasteiger partial charge in [-0.1, -0.05) is 18.2 Å². The summed E-state index contributed by atoms with van der Waals surface area (Å²) in [5, 5.41) is 10.5. The molecule has 1 aliphatic carbocycles. The lowest BCUT2D eigenvalue weighted by atomic mass is 9.65. The van der Waals surface area contributed by atoms with Crippen LogP contribution in [0.4, 0.5) is 0 Å². The minimum Gasteiger partial charge on any atom is -0.350 e. The third kappa shape index (κ3) is 1.24. The Morgan fingerprint density at radius 1 is 1.35 bits per heavy atom. The van der Waals surface area contributed by atoms with Crippen LogP contribution in [0, 0.1) is 11.3 Å². The molecule has 3 nitrogen and oxygen atoms in total. The number of carbonyl (C=O) groups excluding carboxylic acids is 1. The summed E-state index contributed by atoms with van der Waals surface area (Å²) >= 11 is 0. The van der Waals surface area contributed by atoms with Gasteiger partial charge in [0.2, 0.25) is 0 Å². The summed E-state index contributed by atoms with van der Waals surface area (Å²) in [5.74, 6) is 0.180. The lowest BCUT2D eigenvalue weighted by Gasteiger charge is -2.33. The predicted octanol–water partition coefficient (Wildman–Crippen LogP) is 2.30. The number of nitrogens with zero attached hydrogens (tertiary/aromatic N) is 2. The predicted molar refractivity (Wildman–Crippen MR) is 64.5 cm³/mol. The SMILES string of the molecule is Cn1cc(C2(C#N)CC(=O)C2)c2ccccc21. The molecule has 17 heavy (non-hydrogen) atoms. The molecule has 1 saturated carbocycles. The summed E-state index contributed by atoms with van der Waals surface area (Å²) in [5.41, 5.74) is 1.52. The molecule has 0 unspecified atom stereocenters. The van der Waals surface area contributed by atoms with Crippen LogP contribution in [-0.4, -0.2) is 10.4 Å². The zero-order valence-electron chi connectivity index (χ0n) is 9.60. The van der Waals surface area contributed by atoms with Crippen molar-refractivity contribution in [3.8, 4) is 6.07 Å². The van der Waals surface area contributed by atoms with E-state index in [-0.39, 0.29) is 5.78 Å². The molecular formula is C14H12N2O.